The fourth-order valence-electron chi connectivity index (χ4n) is 3.38. The number of rotatable bonds is 7. The maximum absolute atomic E-state index is 13.0. The lowest BCUT2D eigenvalue weighted by Gasteiger charge is -2.19. The molecule has 1 aliphatic rings. The fourth-order valence-corrected chi connectivity index (χ4v) is 3.92. The second kappa shape index (κ2) is 9.69. The number of benzene rings is 1. The van der Waals surface area contributed by atoms with E-state index in [1.165, 1.54) is 16.8 Å². The van der Waals surface area contributed by atoms with Crippen LogP contribution < -0.4 is 4.74 Å². The summed E-state index contributed by atoms with van der Waals surface area (Å²) in [6, 6.07) is 13.8. The highest BCUT2D eigenvalue weighted by Gasteiger charge is 2.35. The number of thioether (sulfide) groups is 1. The summed E-state index contributed by atoms with van der Waals surface area (Å²) in [5, 5.41) is 6.39. The quantitative estimate of drug-likeness (QED) is 0.397. The van der Waals surface area contributed by atoms with E-state index in [9.17, 15) is 9.59 Å². The topological polar surface area (TPSA) is 94.2 Å². The molecule has 0 N–H and O–H groups in total. The van der Waals surface area contributed by atoms with Crippen molar-refractivity contribution in [3.8, 4) is 5.75 Å². The number of amides is 1. The SMILES string of the molecule is COc1ccc(C2=NN(C(=O)COC(=O)c3cccnc3SC)C(c3ccco3)C2)cc1. The summed E-state index contributed by atoms with van der Waals surface area (Å²) in [7, 11) is 1.60. The van der Waals surface area contributed by atoms with E-state index in [1.807, 2.05) is 30.5 Å². The molecule has 8 nitrogen and oxygen atoms in total. The maximum Gasteiger partial charge on any atom is 0.341 e. The van der Waals surface area contributed by atoms with Gasteiger partial charge in [0.05, 0.1) is 24.6 Å². The van der Waals surface area contributed by atoms with E-state index in [4.69, 9.17) is 13.9 Å². The van der Waals surface area contributed by atoms with Gasteiger partial charge in [0, 0.05) is 12.6 Å². The van der Waals surface area contributed by atoms with Crippen LogP contribution in [-0.4, -0.2) is 47.6 Å². The van der Waals surface area contributed by atoms with Gasteiger partial charge >= 0.3 is 5.97 Å². The molecular formula is C23H21N3O5S. The number of hydrogen-bond acceptors (Lipinski definition) is 8. The average molecular weight is 452 g/mol. The highest BCUT2D eigenvalue weighted by atomic mass is 32.2. The standard InChI is InChI=1S/C23H21N3O5S/c1-29-16-9-7-15(8-10-16)18-13-19(20-6-4-12-30-20)26(25-18)21(27)14-31-23(28)17-5-3-11-24-22(17)32-2/h3-12,19H,13-14H2,1-2H3. The average Bonchev–Trinajstić information content (AvgIpc) is 3.52. The second-order valence-electron chi connectivity index (χ2n) is 6.89. The molecule has 3 aromatic rings. The van der Waals surface area contributed by atoms with Gasteiger partial charge in [0.1, 0.15) is 22.6 Å². The van der Waals surface area contributed by atoms with E-state index in [0.29, 0.717) is 22.8 Å². The Kier molecular flexibility index (Phi) is 6.55. The van der Waals surface area contributed by atoms with Crippen LogP contribution in [0.5, 0.6) is 5.75 Å². The van der Waals surface area contributed by atoms with E-state index < -0.39 is 24.5 Å². The number of esters is 1. The van der Waals surface area contributed by atoms with Gasteiger partial charge in [-0.05, 0) is 60.4 Å². The van der Waals surface area contributed by atoms with Crippen LogP contribution in [0.1, 0.15) is 34.1 Å². The Hall–Kier alpha value is -3.59. The van der Waals surface area contributed by atoms with Crippen LogP contribution in [0.2, 0.25) is 0 Å². The third-order valence-electron chi connectivity index (χ3n) is 4.97. The lowest BCUT2D eigenvalue weighted by Crippen LogP contribution is -2.31. The number of methoxy groups -OCH3 is 1. The molecular weight excluding hydrogens is 430 g/mol. The van der Waals surface area contributed by atoms with Crippen LogP contribution in [0.4, 0.5) is 0 Å². The van der Waals surface area contributed by atoms with Gasteiger partial charge in [-0.25, -0.2) is 14.8 Å². The Morgan fingerprint density at radius 3 is 2.69 bits per heavy atom. The largest absolute Gasteiger partial charge is 0.497 e. The zero-order valence-electron chi connectivity index (χ0n) is 17.6. The first-order valence-corrected chi connectivity index (χ1v) is 11.1. The number of furan rings is 1. The van der Waals surface area contributed by atoms with E-state index in [2.05, 4.69) is 10.1 Å². The first-order chi connectivity index (χ1) is 15.6. The van der Waals surface area contributed by atoms with Gasteiger partial charge in [0.15, 0.2) is 6.61 Å². The van der Waals surface area contributed by atoms with Gasteiger partial charge in [-0.15, -0.1) is 11.8 Å². The molecule has 0 fully saturated rings. The van der Waals surface area contributed by atoms with Crippen LogP contribution in [-0.2, 0) is 9.53 Å². The summed E-state index contributed by atoms with van der Waals surface area (Å²) in [6.45, 7) is -0.446. The summed E-state index contributed by atoms with van der Waals surface area (Å²) < 4.78 is 16.0. The van der Waals surface area contributed by atoms with Crippen molar-refractivity contribution in [2.45, 2.75) is 17.5 Å². The second-order valence-corrected chi connectivity index (χ2v) is 7.68. The predicted octanol–water partition coefficient (Wildman–Crippen LogP) is 3.94. The molecule has 0 spiro atoms. The molecule has 32 heavy (non-hydrogen) atoms. The summed E-state index contributed by atoms with van der Waals surface area (Å²) in [5.74, 6) is 0.283. The van der Waals surface area contributed by atoms with Gasteiger partial charge in [-0.1, -0.05) is 0 Å². The fraction of sp³-hybridized carbons (Fsp3) is 0.217. The Bertz CT molecular complexity index is 1130. The normalized spacial score (nSPS) is 15.4. The predicted molar refractivity (Wildman–Crippen MR) is 119 cm³/mol. The highest BCUT2D eigenvalue weighted by Crippen LogP contribution is 2.33. The molecule has 164 valence electrons. The van der Waals surface area contributed by atoms with Gasteiger partial charge < -0.3 is 13.9 Å². The molecule has 1 aliphatic heterocycles. The molecule has 1 aromatic carbocycles. The lowest BCUT2D eigenvalue weighted by molar-refractivity contribution is -0.136. The minimum atomic E-state index is -0.607. The molecule has 0 radical (unpaired) electrons. The number of carbonyl (C=O) groups excluding carboxylic acids is 2. The van der Waals surface area contributed by atoms with Crippen LogP contribution in [0.3, 0.4) is 0 Å². The van der Waals surface area contributed by atoms with Crippen molar-refractivity contribution in [2.24, 2.45) is 5.10 Å². The number of pyridine rings is 1. The molecule has 0 saturated heterocycles. The number of hydrazone groups is 1. The Morgan fingerprint density at radius 1 is 1.19 bits per heavy atom. The zero-order chi connectivity index (χ0) is 22.5. The number of hydrogen-bond donors (Lipinski definition) is 0. The van der Waals surface area contributed by atoms with Crippen LogP contribution in [0, 0.1) is 0 Å². The van der Waals surface area contributed by atoms with E-state index in [0.717, 1.165) is 17.0 Å². The van der Waals surface area contributed by atoms with Crippen LogP contribution >= 0.6 is 11.8 Å². The summed E-state index contributed by atoms with van der Waals surface area (Å²) in [5.41, 5.74) is 1.92. The third-order valence-corrected chi connectivity index (χ3v) is 5.68. The van der Waals surface area contributed by atoms with Gasteiger partial charge in [0.2, 0.25) is 0 Å². The Balaban J connectivity index is 1.52. The first kappa shape index (κ1) is 21.6. The van der Waals surface area contributed by atoms with Crippen molar-refractivity contribution in [1.29, 1.82) is 0 Å². The summed E-state index contributed by atoms with van der Waals surface area (Å²) in [6.07, 6.45) is 5.44. The van der Waals surface area contributed by atoms with Crippen LogP contribution in [0.15, 0.2) is 75.5 Å². The number of aromatic nitrogens is 1. The highest BCUT2D eigenvalue weighted by molar-refractivity contribution is 7.98. The van der Waals surface area contributed by atoms with Crippen molar-refractivity contribution < 1.29 is 23.5 Å². The summed E-state index contributed by atoms with van der Waals surface area (Å²) >= 11 is 1.33. The molecule has 0 saturated carbocycles. The van der Waals surface area contributed by atoms with Crippen molar-refractivity contribution >= 4 is 29.4 Å². The molecule has 1 unspecified atom stereocenters. The Labute approximate surface area is 189 Å². The van der Waals surface area contributed by atoms with Gasteiger partial charge in [-0.3, -0.25) is 4.79 Å². The summed E-state index contributed by atoms with van der Waals surface area (Å²) in [4.78, 5) is 29.6. The van der Waals surface area contributed by atoms with Crippen LogP contribution in [0.25, 0.3) is 0 Å². The molecule has 0 bridgehead atoms. The van der Waals surface area contributed by atoms with Crippen molar-refractivity contribution in [1.82, 2.24) is 9.99 Å². The van der Waals surface area contributed by atoms with Gasteiger partial charge in [-0.2, -0.15) is 5.10 Å². The van der Waals surface area contributed by atoms with Crippen molar-refractivity contribution in [3.05, 3.63) is 77.9 Å². The monoisotopic (exact) mass is 451 g/mol. The molecule has 3 heterocycles. The molecule has 1 amide bonds. The minimum absolute atomic E-state index is 0.319. The van der Waals surface area contributed by atoms with Crippen molar-refractivity contribution in [2.75, 3.05) is 20.0 Å². The van der Waals surface area contributed by atoms with E-state index >= 15 is 0 Å². The Morgan fingerprint density at radius 2 is 2.00 bits per heavy atom. The number of ether oxygens (including phenoxy) is 2. The van der Waals surface area contributed by atoms with Crippen molar-refractivity contribution in [3.63, 3.8) is 0 Å². The lowest BCUT2D eigenvalue weighted by atomic mass is 10.0. The van der Waals surface area contributed by atoms with Gasteiger partial charge in [0.25, 0.3) is 5.91 Å². The number of nitrogens with zero attached hydrogens (tertiary/aromatic N) is 3. The molecule has 1 atom stereocenters. The van der Waals surface area contributed by atoms with E-state index in [1.54, 1.807) is 43.8 Å². The zero-order valence-corrected chi connectivity index (χ0v) is 18.4. The number of carbonyl (C=O) groups is 2. The minimum Gasteiger partial charge on any atom is -0.497 e. The molecule has 2 aromatic heterocycles. The smallest absolute Gasteiger partial charge is 0.341 e. The molecule has 4 rings (SSSR count). The third kappa shape index (κ3) is 4.52. The first-order valence-electron chi connectivity index (χ1n) is 9.84. The molecule has 0 aliphatic carbocycles. The molecule has 9 heteroatoms. The maximum atomic E-state index is 13.0. The van der Waals surface area contributed by atoms with E-state index in [-0.39, 0.29) is 0 Å².